The Kier molecular flexibility index (Phi) is 8.66. The number of hydrogen-bond acceptors (Lipinski definition) is 15. The van der Waals surface area contributed by atoms with Crippen LogP contribution < -0.4 is 0 Å². The van der Waals surface area contributed by atoms with E-state index in [2.05, 4.69) is 0 Å². The maximum absolute atomic E-state index is 13.5. The molecule has 280 valence electrons. The second kappa shape index (κ2) is 12.2. The van der Waals surface area contributed by atoms with Gasteiger partial charge in [-0.25, -0.2) is 4.79 Å². The van der Waals surface area contributed by atoms with Crippen LogP contribution in [0.2, 0.25) is 0 Å². The third-order valence-electron chi connectivity index (χ3n) is 14.2. The summed E-state index contributed by atoms with van der Waals surface area (Å²) in [6.07, 6.45) is -7.10. The number of rotatable bonds is 5. The van der Waals surface area contributed by atoms with Gasteiger partial charge in [0.2, 0.25) is 12.1 Å². The van der Waals surface area contributed by atoms with Crippen LogP contribution >= 0.6 is 0 Å². The summed E-state index contributed by atoms with van der Waals surface area (Å²) in [7, 11) is 0. The summed E-state index contributed by atoms with van der Waals surface area (Å²) >= 11 is 0. The molecule has 4 aliphatic carbocycles. The fourth-order valence-electron chi connectivity index (χ4n) is 11.8. The summed E-state index contributed by atoms with van der Waals surface area (Å²) < 4.78 is 35.7. The van der Waals surface area contributed by atoms with Gasteiger partial charge < -0.3 is 69.0 Å². The second-order valence-electron chi connectivity index (χ2n) is 16.5. The highest BCUT2D eigenvalue weighted by atomic mass is 16.8. The first-order chi connectivity index (χ1) is 23.7. The fourth-order valence-corrected chi connectivity index (χ4v) is 11.8. The van der Waals surface area contributed by atoms with Gasteiger partial charge in [0.05, 0.1) is 36.6 Å². The monoisotopic (exact) mass is 710 g/mol. The van der Waals surface area contributed by atoms with Gasteiger partial charge in [-0.1, -0.05) is 6.92 Å². The average Bonchev–Trinajstić information content (AvgIpc) is 3.59. The first kappa shape index (κ1) is 35.4. The molecule has 3 saturated heterocycles. The molecule has 0 spiro atoms. The Morgan fingerprint density at radius 1 is 0.960 bits per heavy atom. The van der Waals surface area contributed by atoms with Crippen LogP contribution in [0.15, 0.2) is 11.6 Å². The third kappa shape index (κ3) is 4.92. The Morgan fingerprint density at radius 2 is 1.74 bits per heavy atom. The first-order valence-electron chi connectivity index (χ1n) is 18.1. The van der Waals surface area contributed by atoms with Crippen molar-refractivity contribution < 1.29 is 73.8 Å². The van der Waals surface area contributed by atoms with Crippen molar-refractivity contribution in [3.8, 4) is 0 Å². The van der Waals surface area contributed by atoms with Crippen molar-refractivity contribution >= 4 is 12.3 Å². The number of aliphatic hydroxyl groups is 7. The van der Waals surface area contributed by atoms with Crippen molar-refractivity contribution in [1.82, 2.24) is 0 Å². The van der Waals surface area contributed by atoms with E-state index in [4.69, 9.17) is 28.4 Å². The molecule has 0 bridgehead atoms. The first-order valence-corrected chi connectivity index (χ1v) is 18.1. The molecular formula is C35H50O15. The molecule has 15 heteroatoms. The van der Waals surface area contributed by atoms with Crippen LogP contribution in [0.3, 0.4) is 0 Å². The molecule has 4 heterocycles. The largest absolute Gasteiger partial charge is 0.458 e. The molecule has 19 unspecified atom stereocenters. The topological polar surface area (TPSA) is 231 Å². The van der Waals surface area contributed by atoms with Crippen molar-refractivity contribution in [1.29, 1.82) is 0 Å². The van der Waals surface area contributed by atoms with Crippen LogP contribution in [-0.2, 0) is 38.0 Å². The molecule has 4 saturated carbocycles. The number of esters is 1. The zero-order valence-electron chi connectivity index (χ0n) is 28.3. The van der Waals surface area contributed by atoms with Gasteiger partial charge in [-0.15, -0.1) is 0 Å². The summed E-state index contributed by atoms with van der Waals surface area (Å²) in [5.74, 6) is -3.74. The van der Waals surface area contributed by atoms with Crippen LogP contribution in [0.4, 0.5) is 0 Å². The molecule has 8 aliphatic rings. The lowest BCUT2D eigenvalue weighted by Gasteiger charge is -2.64. The van der Waals surface area contributed by atoms with Gasteiger partial charge in [-0.3, -0.25) is 0 Å². The predicted molar refractivity (Wildman–Crippen MR) is 165 cm³/mol. The molecule has 0 aromatic heterocycles. The minimum atomic E-state index is -2.21. The Labute approximate surface area is 289 Å². The van der Waals surface area contributed by atoms with E-state index in [0.717, 1.165) is 6.29 Å². The van der Waals surface area contributed by atoms with Crippen LogP contribution in [-0.4, -0.2) is 140 Å². The van der Waals surface area contributed by atoms with E-state index in [9.17, 15) is 45.3 Å². The molecule has 15 nitrogen and oxygen atoms in total. The third-order valence-corrected chi connectivity index (χ3v) is 14.2. The van der Waals surface area contributed by atoms with E-state index in [1.165, 1.54) is 6.08 Å². The number of carbonyl (C=O) groups excluding carboxylic acids is 2. The summed E-state index contributed by atoms with van der Waals surface area (Å²) in [6, 6.07) is 0. The minimum Gasteiger partial charge on any atom is -0.458 e. The van der Waals surface area contributed by atoms with Gasteiger partial charge in [0, 0.05) is 35.7 Å². The minimum absolute atomic E-state index is 0.0805. The number of ether oxygens (including phenoxy) is 6. The van der Waals surface area contributed by atoms with Crippen molar-refractivity contribution in [2.45, 2.75) is 144 Å². The molecule has 7 fully saturated rings. The van der Waals surface area contributed by atoms with E-state index in [0.29, 0.717) is 37.7 Å². The number of aliphatic hydroxyl groups excluding tert-OH is 5. The lowest BCUT2D eigenvalue weighted by molar-refractivity contribution is -0.471. The van der Waals surface area contributed by atoms with Gasteiger partial charge in [-0.2, -0.15) is 0 Å². The molecule has 0 aromatic rings. The molecule has 50 heavy (non-hydrogen) atoms. The van der Waals surface area contributed by atoms with E-state index in [-0.39, 0.29) is 43.6 Å². The van der Waals surface area contributed by atoms with Gasteiger partial charge in [0.15, 0.2) is 6.29 Å². The van der Waals surface area contributed by atoms with E-state index < -0.39 is 108 Å². The Balaban J connectivity index is 1.06. The fraction of sp³-hybridized carbons (Fsp3) is 0.886. The second-order valence-corrected chi connectivity index (χ2v) is 16.5. The average molecular weight is 711 g/mol. The molecule has 0 radical (unpaired) electrons. The quantitative estimate of drug-likeness (QED) is 0.101. The Hall–Kier alpha value is -1.60. The highest BCUT2D eigenvalue weighted by Gasteiger charge is 2.72. The van der Waals surface area contributed by atoms with Crippen LogP contribution in [0.25, 0.3) is 0 Å². The van der Waals surface area contributed by atoms with Crippen molar-refractivity contribution in [2.75, 3.05) is 13.2 Å². The smallest absolute Gasteiger partial charge is 0.331 e. The van der Waals surface area contributed by atoms with Gasteiger partial charge in [-0.05, 0) is 68.8 Å². The number of aldehydes is 1. The molecular weight excluding hydrogens is 660 g/mol. The van der Waals surface area contributed by atoms with E-state index in [1.807, 2.05) is 6.92 Å². The Morgan fingerprint density at radius 3 is 2.44 bits per heavy atom. The standard InChI is InChI=1S/C35H50O15/c1-15-7-24(49-30-29(42)28(41)27(40)23(12-36)47-30)35(44)31(46-15)48-21-9-17-3-4-19-18(33(17,14-37)11-22(21)50-35)5-6-32(2)26(16-8-25(39)45-13-16)20(38)10-34(19,32)43/h8,14-15,17-24,26-31,36,38,40-44H,3-7,9-13H2,1-2H3. The van der Waals surface area contributed by atoms with Crippen molar-refractivity contribution in [3.05, 3.63) is 11.6 Å². The normalized spacial score (nSPS) is 57.3. The maximum Gasteiger partial charge on any atom is 0.331 e. The number of carbonyl (C=O) groups is 2. The van der Waals surface area contributed by atoms with Gasteiger partial charge >= 0.3 is 5.97 Å². The van der Waals surface area contributed by atoms with E-state index >= 15 is 0 Å². The summed E-state index contributed by atoms with van der Waals surface area (Å²) in [5.41, 5.74) is -2.26. The van der Waals surface area contributed by atoms with Crippen molar-refractivity contribution in [2.24, 2.45) is 34.5 Å². The molecule has 7 N–H and O–H groups in total. The number of fused-ring (bicyclic) bond motifs is 7. The van der Waals surface area contributed by atoms with Crippen LogP contribution in [0.1, 0.15) is 65.2 Å². The number of hydrogen-bond donors (Lipinski definition) is 7. The zero-order chi connectivity index (χ0) is 35.5. The number of cyclic esters (lactones) is 1. The van der Waals surface area contributed by atoms with Crippen LogP contribution in [0.5, 0.6) is 0 Å². The molecule has 8 rings (SSSR count). The highest BCUT2D eigenvalue weighted by molar-refractivity contribution is 5.85. The highest BCUT2D eigenvalue weighted by Crippen LogP contribution is 2.70. The summed E-state index contributed by atoms with van der Waals surface area (Å²) in [4.78, 5) is 25.4. The SMILES string of the molecule is CC1CC(OC2OC(CO)C(O)C(O)C2O)C2(O)OC3CC4(C=O)C(CCC5C4CCC4(C)C(C6=CC(=O)OC6)C(O)CC54O)CC3OC2O1. The van der Waals surface area contributed by atoms with Gasteiger partial charge in [0.25, 0.3) is 0 Å². The lowest BCUT2D eigenvalue weighted by atomic mass is 9.42. The van der Waals surface area contributed by atoms with Gasteiger partial charge in [0.1, 0.15) is 43.4 Å². The zero-order valence-corrected chi connectivity index (χ0v) is 28.3. The molecule has 4 aliphatic heterocycles. The molecule has 19 atom stereocenters. The maximum atomic E-state index is 13.5. The summed E-state index contributed by atoms with van der Waals surface area (Å²) in [6.45, 7) is 3.19. The van der Waals surface area contributed by atoms with E-state index in [1.54, 1.807) is 6.92 Å². The lowest BCUT2D eigenvalue weighted by Crippen LogP contribution is -2.72. The van der Waals surface area contributed by atoms with Crippen molar-refractivity contribution in [3.63, 3.8) is 0 Å². The molecule has 0 aromatic carbocycles. The van der Waals surface area contributed by atoms with Crippen LogP contribution in [0, 0.1) is 34.5 Å². The predicted octanol–water partition coefficient (Wildman–Crippen LogP) is -1.20. The Bertz CT molecular complexity index is 1390. The summed E-state index contributed by atoms with van der Waals surface area (Å²) in [5, 5.41) is 77.1. The molecule has 0 amide bonds.